The number of nitrogens with zero attached hydrogens (tertiary/aromatic N) is 1. The number of hydrogen-bond donors (Lipinski definition) is 1. The Balaban J connectivity index is 1.94. The van der Waals surface area contributed by atoms with E-state index in [2.05, 4.69) is 22.0 Å². The van der Waals surface area contributed by atoms with Gasteiger partial charge in [0, 0.05) is 36.3 Å². The van der Waals surface area contributed by atoms with Crippen molar-refractivity contribution in [2.24, 2.45) is 7.05 Å². The zero-order chi connectivity index (χ0) is 18.3. The van der Waals surface area contributed by atoms with Crippen molar-refractivity contribution in [3.63, 3.8) is 0 Å². The van der Waals surface area contributed by atoms with Crippen molar-refractivity contribution < 1.29 is 14.3 Å². The van der Waals surface area contributed by atoms with Crippen LogP contribution in [-0.4, -0.2) is 31.2 Å². The number of nitrogens with one attached hydrogen (secondary N) is 1. The molecule has 1 amide bonds. The number of hydrogen-bond acceptors (Lipinski definition) is 3. The summed E-state index contributed by atoms with van der Waals surface area (Å²) < 4.78 is 12.8. The Bertz CT molecular complexity index is 1050. The van der Waals surface area contributed by atoms with E-state index < -0.39 is 0 Å². The summed E-state index contributed by atoms with van der Waals surface area (Å²) in [6.07, 6.45) is 2.02. The number of carbonyl (C=O) groups is 1. The summed E-state index contributed by atoms with van der Waals surface area (Å²) in [6.45, 7) is 0.493. The van der Waals surface area contributed by atoms with Gasteiger partial charge in [-0.1, -0.05) is 24.3 Å². The number of benzene rings is 2. The first-order valence-electron chi connectivity index (χ1n) is 8.42. The van der Waals surface area contributed by atoms with E-state index in [0.29, 0.717) is 23.6 Å². The fourth-order valence-electron chi connectivity index (χ4n) is 3.58. The van der Waals surface area contributed by atoms with Crippen molar-refractivity contribution in [3.05, 3.63) is 59.8 Å². The van der Waals surface area contributed by atoms with Crippen LogP contribution in [0.25, 0.3) is 22.0 Å². The molecule has 0 aliphatic carbocycles. The Morgan fingerprint density at radius 2 is 1.81 bits per heavy atom. The minimum atomic E-state index is -0.0499. The molecule has 0 unspecified atom stereocenters. The first kappa shape index (κ1) is 16.3. The van der Waals surface area contributed by atoms with Crippen LogP contribution in [0.4, 0.5) is 0 Å². The molecule has 1 aliphatic rings. The molecule has 5 nitrogen and oxygen atoms in total. The molecule has 1 aliphatic heterocycles. The topological polar surface area (TPSA) is 52.5 Å². The molecular formula is C21H20N2O3. The van der Waals surface area contributed by atoms with Crippen LogP contribution >= 0.6 is 0 Å². The molecule has 0 saturated carbocycles. The number of para-hydroxylation sites is 1. The molecule has 2 aromatic carbocycles. The van der Waals surface area contributed by atoms with Gasteiger partial charge in [0.25, 0.3) is 5.91 Å². The van der Waals surface area contributed by atoms with Gasteiger partial charge < -0.3 is 19.4 Å². The van der Waals surface area contributed by atoms with Gasteiger partial charge in [-0.3, -0.25) is 4.79 Å². The van der Waals surface area contributed by atoms with E-state index in [0.717, 1.165) is 27.6 Å². The van der Waals surface area contributed by atoms with Crippen molar-refractivity contribution in [2.45, 2.75) is 0 Å². The SMILES string of the molecule is COc1ccc(C2=C(c3cn(C)c4ccccc34)C(=O)NC2)cc1OC. The molecule has 1 N–H and O–H groups in total. The van der Waals surface area contributed by atoms with Crippen molar-refractivity contribution in [2.75, 3.05) is 20.8 Å². The average Bonchev–Trinajstić information content (AvgIpc) is 3.21. The van der Waals surface area contributed by atoms with Crippen LogP contribution in [0.15, 0.2) is 48.7 Å². The van der Waals surface area contributed by atoms with Gasteiger partial charge in [-0.05, 0) is 29.3 Å². The first-order valence-corrected chi connectivity index (χ1v) is 8.42. The highest BCUT2D eigenvalue weighted by atomic mass is 16.5. The van der Waals surface area contributed by atoms with Crippen LogP contribution in [-0.2, 0) is 11.8 Å². The van der Waals surface area contributed by atoms with Gasteiger partial charge in [-0.2, -0.15) is 0 Å². The second-order valence-corrected chi connectivity index (χ2v) is 6.28. The molecule has 0 radical (unpaired) electrons. The molecule has 0 spiro atoms. The van der Waals surface area contributed by atoms with Crippen molar-refractivity contribution >= 4 is 28.0 Å². The number of aryl methyl sites for hydroxylation is 1. The summed E-state index contributed by atoms with van der Waals surface area (Å²) in [5.41, 5.74) is 4.68. The predicted octanol–water partition coefficient (Wildman–Crippen LogP) is 3.24. The van der Waals surface area contributed by atoms with Crippen LogP contribution < -0.4 is 14.8 Å². The smallest absolute Gasteiger partial charge is 0.252 e. The molecule has 2 heterocycles. The standard InChI is InChI=1S/C21H20N2O3/c1-23-12-16(14-6-4-5-7-17(14)23)20-15(11-22-21(20)24)13-8-9-18(25-2)19(10-13)26-3/h4-10,12H,11H2,1-3H3,(H,22,24). The van der Waals surface area contributed by atoms with Gasteiger partial charge in [-0.15, -0.1) is 0 Å². The summed E-state index contributed by atoms with van der Waals surface area (Å²) in [5.74, 6) is 1.26. The zero-order valence-electron chi connectivity index (χ0n) is 15.0. The normalized spacial score (nSPS) is 14.0. The summed E-state index contributed by atoms with van der Waals surface area (Å²) in [4.78, 5) is 12.7. The summed E-state index contributed by atoms with van der Waals surface area (Å²) in [6, 6.07) is 13.9. The van der Waals surface area contributed by atoms with Crippen molar-refractivity contribution in [1.82, 2.24) is 9.88 Å². The van der Waals surface area contributed by atoms with Crippen LogP contribution in [0.5, 0.6) is 11.5 Å². The van der Waals surface area contributed by atoms with Gasteiger partial charge >= 0.3 is 0 Å². The van der Waals surface area contributed by atoms with E-state index >= 15 is 0 Å². The quantitative estimate of drug-likeness (QED) is 0.787. The Morgan fingerprint density at radius 3 is 2.58 bits per heavy atom. The van der Waals surface area contributed by atoms with Gasteiger partial charge in [0.05, 0.1) is 19.8 Å². The van der Waals surface area contributed by atoms with E-state index in [1.807, 2.05) is 43.6 Å². The zero-order valence-corrected chi connectivity index (χ0v) is 15.0. The third-order valence-corrected chi connectivity index (χ3v) is 4.85. The lowest BCUT2D eigenvalue weighted by Crippen LogP contribution is -2.16. The monoisotopic (exact) mass is 348 g/mol. The van der Waals surface area contributed by atoms with E-state index in [9.17, 15) is 4.79 Å². The molecule has 1 aromatic heterocycles. The number of carbonyl (C=O) groups excluding carboxylic acids is 1. The van der Waals surface area contributed by atoms with Crippen molar-refractivity contribution in [3.8, 4) is 11.5 Å². The maximum absolute atomic E-state index is 12.7. The second-order valence-electron chi connectivity index (χ2n) is 6.28. The first-order chi connectivity index (χ1) is 12.6. The molecule has 0 atom stereocenters. The lowest BCUT2D eigenvalue weighted by Gasteiger charge is -2.11. The molecule has 4 rings (SSSR count). The van der Waals surface area contributed by atoms with Gasteiger partial charge in [0.15, 0.2) is 11.5 Å². The molecule has 132 valence electrons. The Morgan fingerprint density at radius 1 is 1.04 bits per heavy atom. The highest BCUT2D eigenvalue weighted by Gasteiger charge is 2.27. The highest BCUT2D eigenvalue weighted by Crippen LogP contribution is 2.37. The lowest BCUT2D eigenvalue weighted by atomic mass is 9.96. The third-order valence-electron chi connectivity index (χ3n) is 4.85. The third kappa shape index (κ3) is 2.44. The number of ether oxygens (including phenoxy) is 2. The van der Waals surface area contributed by atoms with Crippen LogP contribution in [0.3, 0.4) is 0 Å². The summed E-state index contributed by atoms with van der Waals surface area (Å²) in [7, 11) is 5.22. The fraction of sp³-hybridized carbons (Fsp3) is 0.190. The number of fused-ring (bicyclic) bond motifs is 1. The van der Waals surface area contributed by atoms with E-state index in [-0.39, 0.29) is 5.91 Å². The van der Waals surface area contributed by atoms with Crippen LogP contribution in [0, 0.1) is 0 Å². The second kappa shape index (κ2) is 6.26. The molecular weight excluding hydrogens is 328 g/mol. The molecule has 3 aromatic rings. The Labute approximate surface area is 151 Å². The molecule has 0 bridgehead atoms. The van der Waals surface area contributed by atoms with E-state index in [1.54, 1.807) is 14.2 Å². The van der Waals surface area contributed by atoms with Gasteiger partial charge in [0.1, 0.15) is 0 Å². The largest absolute Gasteiger partial charge is 0.493 e. The molecule has 5 heteroatoms. The predicted molar refractivity (Wildman–Crippen MR) is 102 cm³/mol. The highest BCUT2D eigenvalue weighted by molar-refractivity contribution is 6.32. The minimum absolute atomic E-state index is 0.0499. The van der Waals surface area contributed by atoms with Crippen molar-refractivity contribution in [1.29, 1.82) is 0 Å². The van der Waals surface area contributed by atoms with Gasteiger partial charge in [0.2, 0.25) is 0 Å². The van der Waals surface area contributed by atoms with Gasteiger partial charge in [-0.25, -0.2) is 0 Å². The Kier molecular flexibility index (Phi) is 3.92. The number of methoxy groups -OCH3 is 2. The molecule has 0 saturated heterocycles. The van der Waals surface area contributed by atoms with E-state index in [4.69, 9.17) is 9.47 Å². The van der Waals surface area contributed by atoms with Crippen LogP contribution in [0.1, 0.15) is 11.1 Å². The number of aromatic nitrogens is 1. The number of amides is 1. The molecule has 0 fully saturated rings. The summed E-state index contributed by atoms with van der Waals surface area (Å²) in [5, 5.41) is 4.03. The Hall–Kier alpha value is -3.21. The fourth-order valence-corrected chi connectivity index (χ4v) is 3.58. The molecule has 26 heavy (non-hydrogen) atoms. The maximum atomic E-state index is 12.7. The minimum Gasteiger partial charge on any atom is -0.493 e. The van der Waals surface area contributed by atoms with Crippen LogP contribution in [0.2, 0.25) is 0 Å². The maximum Gasteiger partial charge on any atom is 0.252 e. The number of rotatable bonds is 4. The lowest BCUT2D eigenvalue weighted by molar-refractivity contribution is -0.114. The summed E-state index contributed by atoms with van der Waals surface area (Å²) >= 11 is 0. The average molecular weight is 348 g/mol. The van der Waals surface area contributed by atoms with E-state index in [1.165, 1.54) is 0 Å².